The molecule has 0 rings (SSSR count). The number of halogens is 2. The molecule has 3 nitrogen and oxygen atoms in total. The van der Waals surface area contributed by atoms with E-state index in [2.05, 4.69) is 4.74 Å². The molecule has 0 amide bonds. The van der Waals surface area contributed by atoms with E-state index in [9.17, 15) is 13.6 Å². The molecule has 0 aromatic carbocycles. The minimum atomic E-state index is -2.40. The maximum Gasteiger partial charge on any atom is 0.305 e. The van der Waals surface area contributed by atoms with Gasteiger partial charge in [0.15, 0.2) is 0 Å². The van der Waals surface area contributed by atoms with Gasteiger partial charge < -0.3 is 9.47 Å². The number of unbranched alkanes of at least 4 members (excludes halogenated alkanes) is 2. The highest BCUT2D eigenvalue weighted by Crippen LogP contribution is 2.02. The fourth-order valence-electron chi connectivity index (χ4n) is 1.06. The first-order valence-corrected chi connectivity index (χ1v) is 5.18. The Balaban J connectivity index is 3.08. The Hall–Kier alpha value is -0.710. The van der Waals surface area contributed by atoms with Gasteiger partial charge in [-0.05, 0) is 19.8 Å². The summed E-state index contributed by atoms with van der Waals surface area (Å²) in [6.07, 6.45) is 0.206. The molecule has 0 N–H and O–H groups in total. The summed E-state index contributed by atoms with van der Waals surface area (Å²) >= 11 is 0. The third kappa shape index (κ3) is 11.2. The van der Waals surface area contributed by atoms with Crippen molar-refractivity contribution in [3.63, 3.8) is 0 Å². The van der Waals surface area contributed by atoms with Gasteiger partial charge in [-0.2, -0.15) is 0 Å². The van der Waals surface area contributed by atoms with Crippen LogP contribution in [-0.2, 0) is 14.3 Å². The Morgan fingerprint density at radius 1 is 1.27 bits per heavy atom. The van der Waals surface area contributed by atoms with Crippen LogP contribution in [0, 0.1) is 0 Å². The predicted octanol–water partition coefficient (Wildman–Crippen LogP) is 2.39. The Morgan fingerprint density at radius 2 is 2.00 bits per heavy atom. The molecule has 0 aromatic heterocycles. The quantitative estimate of drug-likeness (QED) is 0.445. The SMILES string of the molecule is CCOC(=O)CCCCCOCC(F)F. The van der Waals surface area contributed by atoms with Crippen molar-refractivity contribution in [2.24, 2.45) is 0 Å². The molecule has 0 fully saturated rings. The van der Waals surface area contributed by atoms with Crippen molar-refractivity contribution in [1.29, 1.82) is 0 Å². The summed E-state index contributed by atoms with van der Waals surface area (Å²) in [7, 11) is 0. The highest BCUT2D eigenvalue weighted by molar-refractivity contribution is 5.69. The number of hydrogen-bond acceptors (Lipinski definition) is 3. The number of carbonyl (C=O) groups excluding carboxylic acids is 1. The molecule has 5 heteroatoms. The van der Waals surface area contributed by atoms with Gasteiger partial charge in [-0.25, -0.2) is 8.78 Å². The van der Waals surface area contributed by atoms with E-state index in [0.717, 1.165) is 12.8 Å². The molecule has 0 heterocycles. The van der Waals surface area contributed by atoms with E-state index in [1.807, 2.05) is 0 Å². The first-order valence-electron chi connectivity index (χ1n) is 5.18. The third-order valence-corrected chi connectivity index (χ3v) is 1.72. The number of ether oxygens (including phenoxy) is 2. The van der Waals surface area contributed by atoms with Crippen molar-refractivity contribution in [2.45, 2.75) is 39.0 Å². The number of hydrogen-bond donors (Lipinski definition) is 0. The zero-order valence-corrected chi connectivity index (χ0v) is 9.01. The molecule has 0 saturated heterocycles. The number of alkyl halides is 2. The van der Waals surface area contributed by atoms with Crippen LogP contribution in [-0.4, -0.2) is 32.2 Å². The Morgan fingerprint density at radius 3 is 2.60 bits per heavy atom. The smallest absolute Gasteiger partial charge is 0.305 e. The standard InChI is InChI=1S/C10H18F2O3/c1-2-15-10(13)6-4-3-5-7-14-8-9(11)12/h9H,2-8H2,1H3. The highest BCUT2D eigenvalue weighted by atomic mass is 19.3. The van der Waals surface area contributed by atoms with E-state index in [1.54, 1.807) is 6.92 Å². The number of rotatable bonds is 9. The monoisotopic (exact) mass is 224 g/mol. The van der Waals surface area contributed by atoms with E-state index in [1.165, 1.54) is 0 Å². The molecule has 0 unspecified atom stereocenters. The lowest BCUT2D eigenvalue weighted by Gasteiger charge is -2.03. The molecule has 0 aliphatic carbocycles. The van der Waals surface area contributed by atoms with Crippen LogP contribution in [0.2, 0.25) is 0 Å². The second kappa shape index (κ2) is 9.83. The summed E-state index contributed by atoms with van der Waals surface area (Å²) in [4.78, 5) is 10.9. The van der Waals surface area contributed by atoms with E-state index in [0.29, 0.717) is 26.1 Å². The molecule has 0 spiro atoms. The van der Waals surface area contributed by atoms with Crippen LogP contribution in [0.3, 0.4) is 0 Å². The number of esters is 1. The van der Waals surface area contributed by atoms with Gasteiger partial charge in [0.2, 0.25) is 0 Å². The van der Waals surface area contributed by atoms with Crippen LogP contribution < -0.4 is 0 Å². The summed E-state index contributed by atoms with van der Waals surface area (Å²) in [5, 5.41) is 0. The van der Waals surface area contributed by atoms with Crippen molar-refractivity contribution in [1.82, 2.24) is 0 Å². The van der Waals surface area contributed by atoms with Crippen molar-refractivity contribution < 1.29 is 23.0 Å². The average Bonchev–Trinajstić information content (AvgIpc) is 2.16. The van der Waals surface area contributed by atoms with Crippen molar-refractivity contribution >= 4 is 5.97 Å². The molecule has 0 radical (unpaired) electrons. The maximum atomic E-state index is 11.6. The summed E-state index contributed by atoms with van der Waals surface area (Å²) in [5.74, 6) is -0.203. The summed E-state index contributed by atoms with van der Waals surface area (Å²) in [6, 6.07) is 0. The zero-order chi connectivity index (χ0) is 11.5. The fourth-order valence-corrected chi connectivity index (χ4v) is 1.06. The van der Waals surface area contributed by atoms with E-state index < -0.39 is 13.0 Å². The lowest BCUT2D eigenvalue weighted by molar-refractivity contribution is -0.143. The van der Waals surface area contributed by atoms with Gasteiger partial charge in [0, 0.05) is 13.0 Å². The first kappa shape index (κ1) is 14.3. The van der Waals surface area contributed by atoms with Crippen LogP contribution in [0.1, 0.15) is 32.6 Å². The Kier molecular flexibility index (Phi) is 9.36. The van der Waals surface area contributed by atoms with Gasteiger partial charge in [0.05, 0.1) is 6.61 Å². The fraction of sp³-hybridized carbons (Fsp3) is 0.900. The van der Waals surface area contributed by atoms with Crippen molar-refractivity contribution in [3.05, 3.63) is 0 Å². The number of carbonyl (C=O) groups is 1. The van der Waals surface area contributed by atoms with Gasteiger partial charge in [-0.15, -0.1) is 0 Å². The topological polar surface area (TPSA) is 35.5 Å². The van der Waals surface area contributed by atoms with Gasteiger partial charge in [0.25, 0.3) is 6.43 Å². The van der Waals surface area contributed by atoms with Crippen LogP contribution in [0.15, 0.2) is 0 Å². The van der Waals surface area contributed by atoms with Crippen molar-refractivity contribution in [2.75, 3.05) is 19.8 Å². The molecular weight excluding hydrogens is 206 g/mol. The lowest BCUT2D eigenvalue weighted by Crippen LogP contribution is -2.06. The van der Waals surface area contributed by atoms with Gasteiger partial charge in [-0.1, -0.05) is 6.42 Å². The molecule has 0 atom stereocenters. The van der Waals surface area contributed by atoms with E-state index >= 15 is 0 Å². The molecule has 15 heavy (non-hydrogen) atoms. The van der Waals surface area contributed by atoms with Gasteiger partial charge in [-0.3, -0.25) is 4.79 Å². The second-order valence-corrected chi connectivity index (χ2v) is 3.08. The third-order valence-electron chi connectivity index (χ3n) is 1.72. The minimum Gasteiger partial charge on any atom is -0.466 e. The Labute approximate surface area is 88.7 Å². The molecule has 0 aliphatic heterocycles. The average molecular weight is 224 g/mol. The molecule has 0 bridgehead atoms. The molecular formula is C10H18F2O3. The van der Waals surface area contributed by atoms with Crippen LogP contribution in [0.25, 0.3) is 0 Å². The molecule has 0 aromatic rings. The Bertz CT molecular complexity index is 163. The van der Waals surface area contributed by atoms with Crippen LogP contribution >= 0.6 is 0 Å². The molecule has 0 saturated carbocycles. The lowest BCUT2D eigenvalue weighted by atomic mass is 10.2. The predicted molar refractivity (Wildman–Crippen MR) is 51.9 cm³/mol. The first-order chi connectivity index (χ1) is 7.16. The van der Waals surface area contributed by atoms with Crippen molar-refractivity contribution in [3.8, 4) is 0 Å². The van der Waals surface area contributed by atoms with Gasteiger partial charge in [0.1, 0.15) is 6.61 Å². The minimum absolute atomic E-state index is 0.203. The zero-order valence-electron chi connectivity index (χ0n) is 9.01. The summed E-state index contributed by atoms with van der Waals surface area (Å²) in [6.45, 7) is 1.98. The molecule has 90 valence electrons. The van der Waals surface area contributed by atoms with E-state index in [4.69, 9.17) is 4.74 Å². The largest absolute Gasteiger partial charge is 0.466 e. The highest BCUT2D eigenvalue weighted by Gasteiger charge is 2.02. The maximum absolute atomic E-state index is 11.6. The normalized spacial score (nSPS) is 10.7. The summed E-state index contributed by atoms with van der Waals surface area (Å²) in [5.41, 5.74) is 0. The van der Waals surface area contributed by atoms with Gasteiger partial charge >= 0.3 is 5.97 Å². The molecule has 0 aliphatic rings. The van der Waals surface area contributed by atoms with E-state index in [-0.39, 0.29) is 5.97 Å². The second-order valence-electron chi connectivity index (χ2n) is 3.08. The van der Waals surface area contributed by atoms with Crippen LogP contribution in [0.4, 0.5) is 8.78 Å². The van der Waals surface area contributed by atoms with Crippen LogP contribution in [0.5, 0.6) is 0 Å². The summed E-state index contributed by atoms with van der Waals surface area (Å²) < 4.78 is 32.6.